The summed E-state index contributed by atoms with van der Waals surface area (Å²) in [5.74, 6) is 0. The van der Waals surface area contributed by atoms with E-state index in [1.54, 1.807) is 0 Å². The molecule has 0 spiro atoms. The van der Waals surface area contributed by atoms with Crippen LogP contribution >= 0.6 is 0 Å². The molecule has 0 aliphatic rings. The van der Waals surface area contributed by atoms with Crippen molar-refractivity contribution in [3.05, 3.63) is 26.7 Å². The Kier molecular flexibility index (Phi) is 124. The molecule has 0 aromatic carbocycles. The first-order valence-corrected chi connectivity index (χ1v) is 3.81. The van der Waals surface area contributed by atoms with E-state index in [1.807, 2.05) is 40.5 Å². The summed E-state index contributed by atoms with van der Waals surface area (Å²) in [6.45, 7) is 15.1. The van der Waals surface area contributed by atoms with Gasteiger partial charge >= 0.3 is 0 Å². The maximum atomic E-state index is 3.54. The molecule has 0 nitrogen and oxygen atoms in total. The van der Waals surface area contributed by atoms with E-state index in [0.717, 1.165) is 12.8 Å². The Bertz CT molecular complexity index is 19.8. The molecule has 0 bridgehead atoms. The molecule has 0 saturated heterocycles. The minimum absolute atomic E-state index is 0. The molecule has 0 aromatic rings. The van der Waals surface area contributed by atoms with Crippen molar-refractivity contribution >= 4 is 0 Å². The standard InChI is InChI=1S/C4H8.2C3H7.2Y/c1-3-4-2;2*1-3-2;;/h1-4H2;2*3H,1-2H3;;/q-2;2*-1;;. The summed E-state index contributed by atoms with van der Waals surface area (Å²) in [6, 6.07) is 0. The van der Waals surface area contributed by atoms with Gasteiger partial charge in [-0.15, -0.1) is 0 Å². The minimum Gasteiger partial charge on any atom is -0.346 e. The monoisotopic (exact) mass is 320 g/mol. The molecule has 72 valence electrons. The van der Waals surface area contributed by atoms with Crippen LogP contribution in [0.15, 0.2) is 0 Å². The summed E-state index contributed by atoms with van der Waals surface area (Å²) in [5, 5.41) is 0. The molecule has 0 unspecified atom stereocenters. The smallest absolute Gasteiger partial charge is 0 e. The van der Waals surface area contributed by atoms with Crippen LogP contribution in [0.5, 0.6) is 0 Å². The zero-order valence-corrected chi connectivity index (χ0v) is 14.8. The van der Waals surface area contributed by atoms with Crippen molar-refractivity contribution in [3.8, 4) is 0 Å². The van der Waals surface area contributed by atoms with E-state index in [0.29, 0.717) is 0 Å². The summed E-state index contributed by atoms with van der Waals surface area (Å²) in [4.78, 5) is 0. The van der Waals surface area contributed by atoms with Gasteiger partial charge in [0.15, 0.2) is 0 Å². The van der Waals surface area contributed by atoms with E-state index in [4.69, 9.17) is 0 Å². The van der Waals surface area contributed by atoms with E-state index in [1.165, 1.54) is 0 Å². The number of unbranched alkanes of at least 4 members (excludes halogenated alkanes) is 1. The average molecular weight is 320 g/mol. The van der Waals surface area contributed by atoms with Gasteiger partial charge in [-0.3, -0.25) is 0 Å². The first-order valence-electron chi connectivity index (χ1n) is 3.81. The normalized spacial score (nSPS) is 5.50. The van der Waals surface area contributed by atoms with Crippen molar-refractivity contribution in [1.29, 1.82) is 0 Å². The molecular weight excluding hydrogens is 298 g/mol. The Hall–Kier alpha value is 2.21. The number of hydrogen-bond acceptors (Lipinski definition) is 0. The summed E-state index contributed by atoms with van der Waals surface area (Å²) in [7, 11) is 0. The summed E-state index contributed by atoms with van der Waals surface area (Å²) in [6.07, 6.45) is 5.92. The maximum Gasteiger partial charge on any atom is 0 e. The predicted octanol–water partition coefficient (Wildman–Crippen LogP) is 3.89. The molecule has 0 atom stereocenters. The van der Waals surface area contributed by atoms with Gasteiger partial charge in [-0.05, 0) is 0 Å². The van der Waals surface area contributed by atoms with Crippen molar-refractivity contribution in [2.45, 2.75) is 40.5 Å². The Balaban J connectivity index is -0.0000000191. The fourth-order valence-corrected chi connectivity index (χ4v) is 0. The van der Waals surface area contributed by atoms with Crippen LogP contribution in [0, 0.1) is 26.7 Å². The first-order chi connectivity index (χ1) is 4.74. The average Bonchev–Trinajstić information content (AvgIpc) is 1.91. The van der Waals surface area contributed by atoms with Crippen molar-refractivity contribution in [3.63, 3.8) is 0 Å². The van der Waals surface area contributed by atoms with Crippen LogP contribution in [0.25, 0.3) is 0 Å². The third-order valence-electron chi connectivity index (χ3n) is 0.250. The van der Waals surface area contributed by atoms with E-state index >= 15 is 0 Å². The van der Waals surface area contributed by atoms with Crippen LogP contribution in [0.4, 0.5) is 0 Å². The molecule has 0 amide bonds. The zero-order chi connectivity index (χ0) is 8.83. The van der Waals surface area contributed by atoms with Crippen LogP contribution in [-0.4, -0.2) is 0 Å². The van der Waals surface area contributed by atoms with Crippen molar-refractivity contribution in [2.24, 2.45) is 0 Å². The third-order valence-corrected chi connectivity index (χ3v) is 0.250. The van der Waals surface area contributed by atoms with E-state index in [2.05, 4.69) is 13.8 Å². The van der Waals surface area contributed by atoms with Gasteiger partial charge < -0.3 is 26.7 Å². The topological polar surface area (TPSA) is 0 Å². The van der Waals surface area contributed by atoms with E-state index in [9.17, 15) is 0 Å². The Labute approximate surface area is 131 Å². The predicted molar refractivity (Wildman–Crippen MR) is 51.2 cm³/mol. The fraction of sp³-hybridized carbons (Fsp3) is 0.600. The first kappa shape index (κ1) is 29.2. The van der Waals surface area contributed by atoms with Crippen LogP contribution < -0.4 is 0 Å². The second-order valence-electron chi connectivity index (χ2n) is 1.86. The van der Waals surface area contributed by atoms with Crippen LogP contribution in [0.1, 0.15) is 40.5 Å². The molecule has 2 heteroatoms. The van der Waals surface area contributed by atoms with E-state index < -0.39 is 0 Å². The van der Waals surface area contributed by atoms with Gasteiger partial charge in [-0.2, -0.15) is 27.7 Å². The molecule has 0 rings (SSSR count). The van der Waals surface area contributed by atoms with Crippen LogP contribution in [-0.2, 0) is 65.4 Å². The molecular formula is C10H22Y2-4. The van der Waals surface area contributed by atoms with Crippen LogP contribution in [0.3, 0.4) is 0 Å². The third kappa shape index (κ3) is 149. The molecule has 0 N–H and O–H groups in total. The Morgan fingerprint density at radius 2 is 0.833 bits per heavy atom. The van der Waals surface area contributed by atoms with Gasteiger partial charge in [0.1, 0.15) is 0 Å². The zero-order valence-electron chi connectivity index (χ0n) is 9.14. The van der Waals surface area contributed by atoms with Gasteiger partial charge in [0.05, 0.1) is 0 Å². The maximum absolute atomic E-state index is 3.54. The van der Waals surface area contributed by atoms with Crippen molar-refractivity contribution in [1.82, 2.24) is 0 Å². The van der Waals surface area contributed by atoms with Crippen molar-refractivity contribution in [2.75, 3.05) is 0 Å². The molecule has 0 saturated carbocycles. The number of rotatable bonds is 1. The van der Waals surface area contributed by atoms with Crippen LogP contribution in [0.2, 0.25) is 0 Å². The summed E-state index contributed by atoms with van der Waals surface area (Å²) in [5.41, 5.74) is 0. The molecule has 0 aliphatic carbocycles. The van der Waals surface area contributed by atoms with Gasteiger partial charge in [0, 0.05) is 65.4 Å². The SMILES string of the molecule is C[CH-]C.C[CH-]C.[CH2-]CC[CH2-].[Y].[Y]. The summed E-state index contributed by atoms with van der Waals surface area (Å²) < 4.78 is 0. The molecule has 2 radical (unpaired) electrons. The van der Waals surface area contributed by atoms with Gasteiger partial charge in [-0.1, -0.05) is 0 Å². The summed E-state index contributed by atoms with van der Waals surface area (Å²) >= 11 is 0. The van der Waals surface area contributed by atoms with Gasteiger partial charge in [0.2, 0.25) is 0 Å². The second kappa shape index (κ2) is 51.1. The quantitative estimate of drug-likeness (QED) is 0.643. The Morgan fingerprint density at radius 3 is 0.833 bits per heavy atom. The fourth-order valence-electron chi connectivity index (χ4n) is 0. The molecule has 0 aliphatic heterocycles. The molecule has 0 fully saturated rings. The number of hydrogen-bond donors (Lipinski definition) is 0. The Morgan fingerprint density at radius 1 is 0.750 bits per heavy atom. The van der Waals surface area contributed by atoms with E-state index in [-0.39, 0.29) is 65.4 Å². The largest absolute Gasteiger partial charge is 0.346 e. The minimum atomic E-state index is 0. The van der Waals surface area contributed by atoms with Gasteiger partial charge in [-0.25, -0.2) is 12.8 Å². The molecule has 0 heterocycles. The molecule has 12 heavy (non-hydrogen) atoms. The molecule has 0 aromatic heterocycles. The van der Waals surface area contributed by atoms with Gasteiger partial charge in [0.25, 0.3) is 0 Å². The van der Waals surface area contributed by atoms with Crippen molar-refractivity contribution < 1.29 is 65.4 Å². The second-order valence-corrected chi connectivity index (χ2v) is 1.86.